The van der Waals surface area contributed by atoms with Crippen molar-refractivity contribution in [1.29, 1.82) is 0 Å². The molecule has 2 aromatic rings. The van der Waals surface area contributed by atoms with E-state index < -0.39 is 0 Å². The molecule has 17 heavy (non-hydrogen) atoms. The van der Waals surface area contributed by atoms with Gasteiger partial charge < -0.3 is 4.98 Å². The van der Waals surface area contributed by atoms with Crippen LogP contribution in [-0.4, -0.2) is 15.8 Å². The number of hydrogen-bond acceptors (Lipinski definition) is 3. The predicted octanol–water partition coefficient (Wildman–Crippen LogP) is 2.88. The number of nitrogens with one attached hydrogen (secondary N) is 1. The van der Waals surface area contributed by atoms with Crippen molar-refractivity contribution in [2.24, 2.45) is 5.92 Å². The molecule has 1 aliphatic rings. The molecule has 3 rings (SSSR count). The zero-order valence-electron chi connectivity index (χ0n) is 9.18. The van der Waals surface area contributed by atoms with Crippen molar-refractivity contribution in [2.45, 2.75) is 19.3 Å². The number of carbonyl (C=O) groups is 1. The Balaban J connectivity index is 0.00000108. The van der Waals surface area contributed by atoms with Gasteiger partial charge in [0.25, 0.3) is 0 Å². The van der Waals surface area contributed by atoms with Crippen LogP contribution in [0.4, 0.5) is 0 Å². The normalized spacial score (nSPS) is 18.6. The molecule has 0 radical (unpaired) electrons. The number of fused-ring (bicyclic) bond motifs is 1. The van der Waals surface area contributed by atoms with Gasteiger partial charge >= 0.3 is 0 Å². The number of aromatic nitrogens is 2. The fourth-order valence-electron chi connectivity index (χ4n) is 2.27. The van der Waals surface area contributed by atoms with Crippen LogP contribution in [0.5, 0.6) is 0 Å². The summed E-state index contributed by atoms with van der Waals surface area (Å²) in [6.07, 6.45) is 6.26. The molecule has 0 saturated heterocycles. The Morgan fingerprint density at radius 3 is 3.18 bits per heavy atom. The average molecular weight is 269 g/mol. The first-order chi connectivity index (χ1) is 7.84. The molecule has 0 spiro atoms. The molecule has 0 saturated carbocycles. The smallest absolute Gasteiger partial charge is 0.167 e. The summed E-state index contributed by atoms with van der Waals surface area (Å²) in [6, 6.07) is 1.96. The minimum absolute atomic E-state index is 0. The molecule has 0 fully saturated rings. The van der Waals surface area contributed by atoms with Gasteiger partial charge in [0.1, 0.15) is 0 Å². The fourth-order valence-corrected chi connectivity index (χ4v) is 3.17. The summed E-state index contributed by atoms with van der Waals surface area (Å²) in [5.74, 6) is 0.430. The quantitative estimate of drug-likeness (QED) is 0.910. The van der Waals surface area contributed by atoms with Gasteiger partial charge in [-0.15, -0.1) is 23.7 Å². The lowest BCUT2D eigenvalue weighted by atomic mass is 9.84. The Hall–Kier alpha value is -1.13. The third-order valence-electron chi connectivity index (χ3n) is 3.12. The predicted molar refractivity (Wildman–Crippen MR) is 70.0 cm³/mol. The van der Waals surface area contributed by atoms with E-state index in [-0.39, 0.29) is 18.3 Å². The van der Waals surface area contributed by atoms with E-state index in [1.165, 1.54) is 4.88 Å². The zero-order valence-corrected chi connectivity index (χ0v) is 10.8. The van der Waals surface area contributed by atoms with Crippen LogP contribution >= 0.6 is 23.7 Å². The maximum absolute atomic E-state index is 12.2. The fraction of sp³-hybridized carbons (Fsp3) is 0.333. The number of halogens is 1. The number of thiophene rings is 1. The van der Waals surface area contributed by atoms with Crippen LogP contribution in [0, 0.1) is 5.92 Å². The molecule has 5 heteroatoms. The van der Waals surface area contributed by atoms with Crippen LogP contribution in [-0.2, 0) is 12.8 Å². The molecular weight excluding hydrogens is 256 g/mol. The van der Waals surface area contributed by atoms with Crippen LogP contribution in [0.25, 0.3) is 0 Å². The molecular formula is C12H13ClN2OS. The highest BCUT2D eigenvalue weighted by Crippen LogP contribution is 2.30. The van der Waals surface area contributed by atoms with E-state index in [0.29, 0.717) is 5.78 Å². The first kappa shape index (κ1) is 12.3. The van der Waals surface area contributed by atoms with Crippen LogP contribution in [0.1, 0.15) is 27.3 Å². The molecule has 2 heterocycles. The molecule has 90 valence electrons. The molecule has 0 aromatic carbocycles. The molecule has 0 aliphatic heterocycles. The lowest BCUT2D eigenvalue weighted by Gasteiger charge is -2.19. The van der Waals surface area contributed by atoms with E-state index >= 15 is 0 Å². The Kier molecular flexibility index (Phi) is 3.64. The van der Waals surface area contributed by atoms with Crippen molar-refractivity contribution in [3.8, 4) is 0 Å². The SMILES string of the molecule is Cl.O=C1c2ccsc2CCC1Cc1cnc[nH]1. The van der Waals surface area contributed by atoms with Crippen molar-refractivity contribution < 1.29 is 4.79 Å². The second-order valence-corrected chi connectivity index (χ2v) is 5.14. The van der Waals surface area contributed by atoms with Gasteiger partial charge in [0.2, 0.25) is 0 Å². The largest absolute Gasteiger partial charge is 0.348 e. The monoisotopic (exact) mass is 268 g/mol. The lowest BCUT2D eigenvalue weighted by molar-refractivity contribution is 0.0902. The van der Waals surface area contributed by atoms with E-state index in [2.05, 4.69) is 9.97 Å². The molecule has 1 atom stereocenters. The number of Topliss-reactive ketones (excluding diaryl/α,β-unsaturated/α-hetero) is 1. The molecule has 3 nitrogen and oxygen atoms in total. The van der Waals surface area contributed by atoms with Crippen LogP contribution < -0.4 is 0 Å². The number of ketones is 1. The van der Waals surface area contributed by atoms with Crippen LogP contribution in [0.3, 0.4) is 0 Å². The second-order valence-electron chi connectivity index (χ2n) is 4.14. The molecule has 2 aromatic heterocycles. The minimum Gasteiger partial charge on any atom is -0.348 e. The maximum Gasteiger partial charge on any atom is 0.167 e. The van der Waals surface area contributed by atoms with Crippen LogP contribution in [0.2, 0.25) is 0 Å². The highest BCUT2D eigenvalue weighted by atomic mass is 35.5. The summed E-state index contributed by atoms with van der Waals surface area (Å²) < 4.78 is 0. The Labute approximate surface area is 110 Å². The van der Waals surface area contributed by atoms with E-state index in [1.54, 1.807) is 23.9 Å². The topological polar surface area (TPSA) is 45.8 Å². The van der Waals surface area contributed by atoms with Gasteiger partial charge in [0.15, 0.2) is 5.78 Å². The molecule has 0 bridgehead atoms. The summed E-state index contributed by atoms with van der Waals surface area (Å²) in [7, 11) is 0. The maximum atomic E-state index is 12.2. The minimum atomic E-state index is 0. The highest BCUT2D eigenvalue weighted by molar-refractivity contribution is 7.10. The van der Waals surface area contributed by atoms with Crippen molar-refractivity contribution in [3.05, 3.63) is 40.1 Å². The number of nitrogens with zero attached hydrogens (tertiary/aromatic N) is 1. The third kappa shape index (κ3) is 2.28. The number of rotatable bonds is 2. The van der Waals surface area contributed by atoms with E-state index in [0.717, 1.165) is 30.5 Å². The first-order valence-corrected chi connectivity index (χ1v) is 6.30. The zero-order chi connectivity index (χ0) is 11.0. The van der Waals surface area contributed by atoms with E-state index in [1.807, 2.05) is 11.4 Å². The van der Waals surface area contributed by atoms with Crippen LogP contribution in [0.15, 0.2) is 24.0 Å². The first-order valence-electron chi connectivity index (χ1n) is 5.42. The Morgan fingerprint density at radius 1 is 1.53 bits per heavy atom. The molecule has 1 N–H and O–H groups in total. The summed E-state index contributed by atoms with van der Waals surface area (Å²) >= 11 is 1.70. The molecule has 1 unspecified atom stereocenters. The van der Waals surface area contributed by atoms with Crippen molar-refractivity contribution >= 4 is 29.5 Å². The number of hydrogen-bond donors (Lipinski definition) is 1. The van der Waals surface area contributed by atoms with Gasteiger partial charge in [-0.1, -0.05) is 0 Å². The van der Waals surface area contributed by atoms with Gasteiger partial charge in [0, 0.05) is 28.2 Å². The van der Waals surface area contributed by atoms with E-state index in [4.69, 9.17) is 0 Å². The summed E-state index contributed by atoms with van der Waals surface area (Å²) in [6.45, 7) is 0. The Morgan fingerprint density at radius 2 is 2.41 bits per heavy atom. The summed E-state index contributed by atoms with van der Waals surface area (Å²) in [5.41, 5.74) is 2.00. The van der Waals surface area contributed by atoms with Gasteiger partial charge in [-0.05, 0) is 30.7 Å². The molecule has 0 amide bonds. The summed E-state index contributed by atoms with van der Waals surface area (Å²) in [5, 5.41) is 2.02. The second kappa shape index (κ2) is 5.02. The number of H-pyrrole nitrogens is 1. The highest BCUT2D eigenvalue weighted by Gasteiger charge is 2.28. The lowest BCUT2D eigenvalue weighted by Crippen LogP contribution is -2.23. The average Bonchev–Trinajstić information content (AvgIpc) is 2.93. The number of aryl methyl sites for hydroxylation is 1. The van der Waals surface area contributed by atoms with Crippen molar-refractivity contribution in [2.75, 3.05) is 0 Å². The van der Waals surface area contributed by atoms with E-state index in [9.17, 15) is 4.79 Å². The van der Waals surface area contributed by atoms with Gasteiger partial charge in [-0.2, -0.15) is 0 Å². The standard InChI is InChI=1S/C12H12N2OS.ClH/c15-12-8(5-9-6-13-7-14-9)1-2-11-10(12)3-4-16-11;/h3-4,6-8H,1-2,5H2,(H,13,14);1H. The number of imidazole rings is 1. The number of carbonyl (C=O) groups excluding carboxylic acids is 1. The van der Waals surface area contributed by atoms with Gasteiger partial charge in [-0.25, -0.2) is 4.98 Å². The van der Waals surface area contributed by atoms with Crippen molar-refractivity contribution in [3.63, 3.8) is 0 Å². The van der Waals surface area contributed by atoms with Gasteiger partial charge in [0.05, 0.1) is 6.33 Å². The summed E-state index contributed by atoms with van der Waals surface area (Å²) in [4.78, 5) is 20.5. The number of aromatic amines is 1. The third-order valence-corrected chi connectivity index (χ3v) is 4.10. The van der Waals surface area contributed by atoms with Gasteiger partial charge in [-0.3, -0.25) is 4.79 Å². The van der Waals surface area contributed by atoms with Crippen molar-refractivity contribution in [1.82, 2.24) is 9.97 Å². The molecule has 1 aliphatic carbocycles. The Bertz CT molecular complexity index is 506.